The van der Waals surface area contributed by atoms with Crippen molar-refractivity contribution >= 4 is 44.9 Å². The van der Waals surface area contributed by atoms with Crippen LogP contribution in [0.15, 0.2) is 71.1 Å². The van der Waals surface area contributed by atoms with Gasteiger partial charge in [0.1, 0.15) is 0 Å². The molecule has 0 radical (unpaired) electrons. The summed E-state index contributed by atoms with van der Waals surface area (Å²) in [5.74, 6) is -0.217. The molecule has 1 heterocycles. The number of hydrogen-bond donors (Lipinski definition) is 1. The third-order valence-corrected chi connectivity index (χ3v) is 6.36. The highest BCUT2D eigenvalue weighted by molar-refractivity contribution is 8.00. The van der Waals surface area contributed by atoms with Gasteiger partial charge in [0.15, 0.2) is 4.34 Å². The largest absolute Gasteiger partial charge is 0.417 e. The van der Waals surface area contributed by atoms with E-state index in [1.807, 2.05) is 36.4 Å². The number of alkyl halides is 3. The number of fused-ring (bicyclic) bond motifs is 1. The summed E-state index contributed by atoms with van der Waals surface area (Å²) in [5, 5.41) is 12.8. The first-order valence-electron chi connectivity index (χ1n) is 8.82. The van der Waals surface area contributed by atoms with Crippen LogP contribution in [0, 0.1) is 0 Å². The molecule has 0 fully saturated rings. The number of rotatable bonds is 5. The summed E-state index contributed by atoms with van der Waals surface area (Å²) in [7, 11) is 0. The number of amides is 1. The molecule has 4 aromatic rings. The molecule has 1 N–H and O–H groups in total. The summed E-state index contributed by atoms with van der Waals surface area (Å²) in [4.78, 5) is 12.3. The maximum absolute atomic E-state index is 13.1. The minimum atomic E-state index is -4.62. The van der Waals surface area contributed by atoms with Gasteiger partial charge in [-0.05, 0) is 28.5 Å². The number of anilines is 1. The van der Waals surface area contributed by atoms with Gasteiger partial charge in [-0.3, -0.25) is 10.1 Å². The first-order valence-corrected chi connectivity index (χ1v) is 10.6. The van der Waals surface area contributed by atoms with Gasteiger partial charge in [-0.2, -0.15) is 13.2 Å². The SMILES string of the molecule is O=C(Nc1nnc(SCc2cccc3ccccc23)s1)c1ccccc1C(F)(F)F. The monoisotopic (exact) mass is 445 g/mol. The van der Waals surface area contributed by atoms with E-state index in [1.54, 1.807) is 0 Å². The highest BCUT2D eigenvalue weighted by atomic mass is 32.2. The van der Waals surface area contributed by atoms with Gasteiger partial charge in [-0.15, -0.1) is 10.2 Å². The molecule has 4 rings (SSSR count). The summed E-state index contributed by atoms with van der Waals surface area (Å²) in [5.41, 5.74) is -0.305. The normalized spacial score (nSPS) is 11.6. The van der Waals surface area contributed by atoms with E-state index in [-0.39, 0.29) is 5.13 Å². The molecule has 152 valence electrons. The summed E-state index contributed by atoms with van der Waals surface area (Å²) in [6.45, 7) is 0. The van der Waals surface area contributed by atoms with Crippen molar-refractivity contribution in [2.45, 2.75) is 16.3 Å². The number of halogens is 3. The van der Waals surface area contributed by atoms with Gasteiger partial charge in [-0.1, -0.05) is 77.7 Å². The zero-order valence-electron chi connectivity index (χ0n) is 15.3. The number of nitrogens with zero attached hydrogens (tertiary/aromatic N) is 2. The lowest BCUT2D eigenvalue weighted by atomic mass is 10.1. The van der Waals surface area contributed by atoms with Crippen molar-refractivity contribution in [3.8, 4) is 0 Å². The average molecular weight is 445 g/mol. The maximum Gasteiger partial charge on any atom is 0.417 e. The van der Waals surface area contributed by atoms with Crippen LogP contribution in [0.3, 0.4) is 0 Å². The molecule has 1 aromatic heterocycles. The van der Waals surface area contributed by atoms with Crippen molar-refractivity contribution in [1.29, 1.82) is 0 Å². The van der Waals surface area contributed by atoms with E-state index in [4.69, 9.17) is 0 Å². The minimum absolute atomic E-state index is 0.150. The zero-order chi connectivity index (χ0) is 21.1. The van der Waals surface area contributed by atoms with E-state index < -0.39 is 23.2 Å². The Morgan fingerprint density at radius 1 is 0.967 bits per heavy atom. The first-order chi connectivity index (χ1) is 14.4. The van der Waals surface area contributed by atoms with Crippen LogP contribution >= 0.6 is 23.1 Å². The Balaban J connectivity index is 1.46. The van der Waals surface area contributed by atoms with Gasteiger partial charge in [0.05, 0.1) is 11.1 Å². The van der Waals surface area contributed by atoms with Gasteiger partial charge in [0.2, 0.25) is 5.13 Å². The van der Waals surface area contributed by atoms with E-state index in [0.717, 1.165) is 39.8 Å². The Morgan fingerprint density at radius 2 is 1.70 bits per heavy atom. The van der Waals surface area contributed by atoms with Crippen LogP contribution in [0.25, 0.3) is 10.8 Å². The molecular formula is C21H14F3N3OS2. The lowest BCUT2D eigenvalue weighted by Gasteiger charge is -2.11. The van der Waals surface area contributed by atoms with Crippen LogP contribution in [0.1, 0.15) is 21.5 Å². The third-order valence-electron chi connectivity index (χ3n) is 4.34. The van der Waals surface area contributed by atoms with E-state index >= 15 is 0 Å². The van der Waals surface area contributed by atoms with Gasteiger partial charge in [-0.25, -0.2) is 0 Å². The van der Waals surface area contributed by atoms with E-state index in [0.29, 0.717) is 10.1 Å². The third kappa shape index (κ3) is 4.47. The highest BCUT2D eigenvalue weighted by Crippen LogP contribution is 2.33. The van der Waals surface area contributed by atoms with Crippen LogP contribution in [0.5, 0.6) is 0 Å². The van der Waals surface area contributed by atoms with E-state index in [9.17, 15) is 18.0 Å². The van der Waals surface area contributed by atoms with Crippen molar-refractivity contribution in [2.24, 2.45) is 0 Å². The van der Waals surface area contributed by atoms with E-state index in [1.165, 1.54) is 23.9 Å². The molecule has 0 saturated heterocycles. The number of benzene rings is 3. The van der Waals surface area contributed by atoms with Crippen molar-refractivity contribution < 1.29 is 18.0 Å². The van der Waals surface area contributed by atoms with Crippen molar-refractivity contribution in [2.75, 3.05) is 5.32 Å². The van der Waals surface area contributed by atoms with Gasteiger partial charge >= 0.3 is 6.18 Å². The molecule has 1 amide bonds. The number of hydrogen-bond acceptors (Lipinski definition) is 5. The number of aromatic nitrogens is 2. The second-order valence-corrected chi connectivity index (χ2v) is 8.50. The average Bonchev–Trinajstić information content (AvgIpc) is 3.19. The topological polar surface area (TPSA) is 54.9 Å². The van der Waals surface area contributed by atoms with Gasteiger partial charge in [0.25, 0.3) is 5.91 Å². The van der Waals surface area contributed by atoms with E-state index in [2.05, 4.69) is 21.6 Å². The Labute approximate surface area is 178 Å². The molecule has 0 saturated carbocycles. The second-order valence-electron chi connectivity index (χ2n) is 6.30. The summed E-state index contributed by atoms with van der Waals surface area (Å²) in [6.07, 6.45) is -4.62. The molecule has 0 bridgehead atoms. The highest BCUT2D eigenvalue weighted by Gasteiger charge is 2.35. The zero-order valence-corrected chi connectivity index (χ0v) is 16.9. The summed E-state index contributed by atoms with van der Waals surface area (Å²) < 4.78 is 40.0. The predicted octanol–water partition coefficient (Wildman–Crippen LogP) is 6.25. The van der Waals surface area contributed by atoms with Crippen molar-refractivity contribution in [3.05, 3.63) is 83.4 Å². The Hall–Kier alpha value is -2.91. The molecule has 4 nitrogen and oxygen atoms in total. The van der Waals surface area contributed by atoms with Crippen LogP contribution in [-0.4, -0.2) is 16.1 Å². The van der Waals surface area contributed by atoms with Crippen LogP contribution in [0.2, 0.25) is 0 Å². The molecule has 0 atom stereocenters. The number of carbonyl (C=O) groups is 1. The Bertz CT molecular complexity index is 1200. The van der Waals surface area contributed by atoms with Gasteiger partial charge in [0, 0.05) is 5.75 Å². The molecule has 9 heteroatoms. The second kappa shape index (κ2) is 8.45. The standard InChI is InChI=1S/C21H14F3N3OS2/c22-21(23,24)17-11-4-3-10-16(17)18(28)25-19-26-27-20(30-19)29-12-14-8-5-7-13-6-1-2-9-15(13)14/h1-11H,12H2,(H,25,26,28). The molecular weight excluding hydrogens is 431 g/mol. The van der Waals surface area contributed by atoms with Crippen molar-refractivity contribution in [3.63, 3.8) is 0 Å². The quantitative estimate of drug-likeness (QED) is 0.291. The first kappa shape index (κ1) is 20.4. The molecule has 3 aromatic carbocycles. The smallest absolute Gasteiger partial charge is 0.296 e. The van der Waals surface area contributed by atoms with Crippen LogP contribution < -0.4 is 5.32 Å². The molecule has 0 aliphatic rings. The molecule has 0 spiro atoms. The van der Waals surface area contributed by atoms with Crippen LogP contribution in [0.4, 0.5) is 18.3 Å². The lowest BCUT2D eigenvalue weighted by Crippen LogP contribution is -2.18. The molecule has 0 aliphatic heterocycles. The van der Waals surface area contributed by atoms with Crippen LogP contribution in [-0.2, 0) is 11.9 Å². The molecule has 0 unspecified atom stereocenters. The van der Waals surface area contributed by atoms with Gasteiger partial charge < -0.3 is 0 Å². The molecule has 30 heavy (non-hydrogen) atoms. The summed E-state index contributed by atoms with van der Waals surface area (Å²) in [6, 6.07) is 18.8. The number of nitrogens with one attached hydrogen (secondary N) is 1. The lowest BCUT2D eigenvalue weighted by molar-refractivity contribution is -0.137. The maximum atomic E-state index is 13.1. The fourth-order valence-corrected chi connectivity index (χ4v) is 4.72. The fraction of sp³-hybridized carbons (Fsp3) is 0.0952. The minimum Gasteiger partial charge on any atom is -0.296 e. The Morgan fingerprint density at radius 3 is 2.53 bits per heavy atom. The Kier molecular flexibility index (Phi) is 5.74. The fourth-order valence-electron chi connectivity index (χ4n) is 2.97. The summed E-state index contributed by atoms with van der Waals surface area (Å²) >= 11 is 2.57. The number of carbonyl (C=O) groups excluding carboxylic acids is 1. The molecule has 0 aliphatic carbocycles. The number of thioether (sulfide) groups is 1. The van der Waals surface area contributed by atoms with Crippen molar-refractivity contribution in [1.82, 2.24) is 10.2 Å². The predicted molar refractivity (Wildman–Crippen MR) is 113 cm³/mol.